The van der Waals surface area contributed by atoms with Gasteiger partial charge in [-0.25, -0.2) is 0 Å². The molecule has 3 unspecified atom stereocenters. The highest BCUT2D eigenvalue weighted by atomic mass is 15.2. The van der Waals surface area contributed by atoms with E-state index in [0.717, 1.165) is 24.4 Å². The minimum atomic E-state index is 0.363. The second-order valence-corrected chi connectivity index (χ2v) is 7.32. The molecule has 1 saturated heterocycles. The Morgan fingerprint density at radius 2 is 1.90 bits per heavy atom. The fourth-order valence-electron chi connectivity index (χ4n) is 4.13. The zero-order valence-electron chi connectivity index (χ0n) is 13.6. The van der Waals surface area contributed by atoms with Gasteiger partial charge in [0, 0.05) is 25.2 Å². The minimum absolute atomic E-state index is 0.363. The average Bonchev–Trinajstić information content (AvgIpc) is 3.26. The van der Waals surface area contributed by atoms with Gasteiger partial charge in [-0.1, -0.05) is 36.8 Å². The predicted molar refractivity (Wildman–Crippen MR) is 89.3 cm³/mol. The van der Waals surface area contributed by atoms with Gasteiger partial charge in [0.05, 0.1) is 0 Å². The zero-order chi connectivity index (χ0) is 14.8. The maximum absolute atomic E-state index is 6.36. The Morgan fingerprint density at radius 3 is 2.52 bits per heavy atom. The molecule has 1 aromatic rings. The van der Waals surface area contributed by atoms with Crippen molar-refractivity contribution in [2.75, 3.05) is 13.1 Å². The highest BCUT2D eigenvalue weighted by molar-refractivity contribution is 5.21. The average molecular weight is 286 g/mol. The number of rotatable bonds is 5. The molecule has 0 radical (unpaired) electrons. The minimum Gasteiger partial charge on any atom is -0.327 e. The standard InChI is InChI=1S/C19H30N2/c1-3-19(17-8-9-17)21-12-16(11-18(20)13-21)10-15-6-4-14(2)5-7-15/h4-7,16-19H,3,8-13,20H2,1-2H3. The summed E-state index contributed by atoms with van der Waals surface area (Å²) in [4.78, 5) is 2.71. The number of nitrogens with zero attached hydrogens (tertiary/aromatic N) is 1. The van der Waals surface area contributed by atoms with Crippen LogP contribution in [-0.2, 0) is 6.42 Å². The number of hydrogen-bond acceptors (Lipinski definition) is 2. The molecule has 1 aliphatic heterocycles. The lowest BCUT2D eigenvalue weighted by molar-refractivity contribution is 0.0942. The van der Waals surface area contributed by atoms with Crippen molar-refractivity contribution in [1.82, 2.24) is 4.90 Å². The molecule has 2 aliphatic rings. The van der Waals surface area contributed by atoms with Gasteiger partial charge in [0.25, 0.3) is 0 Å². The van der Waals surface area contributed by atoms with Gasteiger partial charge in [-0.3, -0.25) is 4.90 Å². The van der Waals surface area contributed by atoms with E-state index in [1.807, 2.05) is 0 Å². The molecule has 116 valence electrons. The summed E-state index contributed by atoms with van der Waals surface area (Å²) in [5.74, 6) is 1.68. The fourth-order valence-corrected chi connectivity index (χ4v) is 4.13. The van der Waals surface area contributed by atoms with Crippen LogP contribution in [0, 0.1) is 18.8 Å². The Hall–Kier alpha value is -0.860. The van der Waals surface area contributed by atoms with Gasteiger partial charge in [-0.2, -0.15) is 0 Å². The van der Waals surface area contributed by atoms with E-state index in [9.17, 15) is 0 Å². The molecule has 1 aliphatic carbocycles. The molecule has 0 spiro atoms. The van der Waals surface area contributed by atoms with Crippen LogP contribution in [0.5, 0.6) is 0 Å². The second-order valence-electron chi connectivity index (χ2n) is 7.32. The number of likely N-dealkylation sites (tertiary alicyclic amines) is 1. The van der Waals surface area contributed by atoms with E-state index in [4.69, 9.17) is 5.73 Å². The van der Waals surface area contributed by atoms with Crippen molar-refractivity contribution in [3.05, 3.63) is 35.4 Å². The van der Waals surface area contributed by atoms with Crippen molar-refractivity contribution in [1.29, 1.82) is 0 Å². The van der Waals surface area contributed by atoms with E-state index < -0.39 is 0 Å². The molecule has 2 heteroatoms. The Kier molecular flexibility index (Phi) is 4.66. The summed E-state index contributed by atoms with van der Waals surface area (Å²) in [7, 11) is 0. The number of nitrogens with two attached hydrogens (primary N) is 1. The van der Waals surface area contributed by atoms with Crippen LogP contribution in [0.3, 0.4) is 0 Å². The summed E-state index contributed by atoms with van der Waals surface area (Å²) in [5.41, 5.74) is 9.18. The largest absolute Gasteiger partial charge is 0.327 e. The molecule has 3 atom stereocenters. The summed E-state index contributed by atoms with van der Waals surface area (Å²) in [5, 5.41) is 0. The smallest absolute Gasteiger partial charge is 0.0171 e. The molecule has 1 saturated carbocycles. The first kappa shape index (κ1) is 15.1. The van der Waals surface area contributed by atoms with Crippen molar-refractivity contribution < 1.29 is 0 Å². The summed E-state index contributed by atoms with van der Waals surface area (Å²) < 4.78 is 0. The van der Waals surface area contributed by atoms with Gasteiger partial charge in [0.15, 0.2) is 0 Å². The van der Waals surface area contributed by atoms with Gasteiger partial charge in [0.1, 0.15) is 0 Å². The van der Waals surface area contributed by atoms with Crippen LogP contribution in [0.1, 0.15) is 43.7 Å². The fraction of sp³-hybridized carbons (Fsp3) is 0.684. The number of benzene rings is 1. The molecule has 3 rings (SSSR count). The van der Waals surface area contributed by atoms with Gasteiger partial charge in [0.2, 0.25) is 0 Å². The monoisotopic (exact) mass is 286 g/mol. The third kappa shape index (κ3) is 3.87. The Bertz CT molecular complexity index is 449. The van der Waals surface area contributed by atoms with Gasteiger partial charge in [-0.05, 0) is 56.4 Å². The first-order valence-electron chi connectivity index (χ1n) is 8.71. The Balaban J connectivity index is 1.63. The van der Waals surface area contributed by atoms with Crippen molar-refractivity contribution in [3.8, 4) is 0 Å². The molecule has 1 heterocycles. The van der Waals surface area contributed by atoms with E-state index in [1.54, 1.807) is 0 Å². The van der Waals surface area contributed by atoms with Crippen LogP contribution in [0.25, 0.3) is 0 Å². The topological polar surface area (TPSA) is 29.3 Å². The van der Waals surface area contributed by atoms with E-state index in [1.165, 1.54) is 49.8 Å². The van der Waals surface area contributed by atoms with Crippen molar-refractivity contribution in [3.63, 3.8) is 0 Å². The van der Waals surface area contributed by atoms with Crippen molar-refractivity contribution in [2.24, 2.45) is 17.6 Å². The highest BCUT2D eigenvalue weighted by Crippen LogP contribution is 2.38. The highest BCUT2D eigenvalue weighted by Gasteiger charge is 2.37. The van der Waals surface area contributed by atoms with E-state index in [2.05, 4.69) is 43.0 Å². The molecular weight excluding hydrogens is 256 g/mol. The van der Waals surface area contributed by atoms with Crippen LogP contribution in [-0.4, -0.2) is 30.1 Å². The maximum atomic E-state index is 6.36. The number of piperidine rings is 1. The predicted octanol–water partition coefficient (Wildman–Crippen LogP) is 3.38. The first-order valence-corrected chi connectivity index (χ1v) is 8.71. The molecular formula is C19H30N2. The van der Waals surface area contributed by atoms with Gasteiger partial charge >= 0.3 is 0 Å². The second kappa shape index (κ2) is 6.50. The number of aryl methyl sites for hydroxylation is 1. The molecule has 0 bridgehead atoms. The quantitative estimate of drug-likeness (QED) is 0.899. The third-order valence-corrected chi connectivity index (χ3v) is 5.30. The summed E-state index contributed by atoms with van der Waals surface area (Å²) >= 11 is 0. The summed E-state index contributed by atoms with van der Waals surface area (Å²) in [6, 6.07) is 10.2. The molecule has 0 aromatic heterocycles. The number of hydrogen-bond donors (Lipinski definition) is 1. The maximum Gasteiger partial charge on any atom is 0.0171 e. The molecule has 1 aromatic carbocycles. The SMILES string of the molecule is CCC(C1CC1)N1CC(N)CC(Cc2ccc(C)cc2)C1. The molecule has 2 fully saturated rings. The lowest BCUT2D eigenvalue weighted by atomic mass is 9.87. The van der Waals surface area contributed by atoms with Crippen LogP contribution in [0.4, 0.5) is 0 Å². The Morgan fingerprint density at radius 1 is 1.19 bits per heavy atom. The Labute approximate surface area is 129 Å². The van der Waals surface area contributed by atoms with Crippen molar-refractivity contribution >= 4 is 0 Å². The molecule has 2 nitrogen and oxygen atoms in total. The molecule has 0 amide bonds. The van der Waals surface area contributed by atoms with Crippen LogP contribution >= 0.6 is 0 Å². The zero-order valence-corrected chi connectivity index (χ0v) is 13.6. The van der Waals surface area contributed by atoms with E-state index in [0.29, 0.717) is 6.04 Å². The third-order valence-electron chi connectivity index (χ3n) is 5.30. The van der Waals surface area contributed by atoms with E-state index in [-0.39, 0.29) is 0 Å². The van der Waals surface area contributed by atoms with Crippen LogP contribution in [0.15, 0.2) is 24.3 Å². The van der Waals surface area contributed by atoms with E-state index >= 15 is 0 Å². The normalized spacial score (nSPS) is 28.5. The van der Waals surface area contributed by atoms with Crippen LogP contribution in [0.2, 0.25) is 0 Å². The molecule has 2 N–H and O–H groups in total. The van der Waals surface area contributed by atoms with Gasteiger partial charge in [-0.15, -0.1) is 0 Å². The van der Waals surface area contributed by atoms with Crippen LogP contribution < -0.4 is 5.73 Å². The summed E-state index contributed by atoms with van der Waals surface area (Å²) in [6.45, 7) is 6.86. The summed E-state index contributed by atoms with van der Waals surface area (Å²) in [6.07, 6.45) is 6.53. The first-order chi connectivity index (χ1) is 10.2. The van der Waals surface area contributed by atoms with Crippen molar-refractivity contribution in [2.45, 2.75) is 58.0 Å². The van der Waals surface area contributed by atoms with Gasteiger partial charge < -0.3 is 5.73 Å². The molecule has 21 heavy (non-hydrogen) atoms. The lowest BCUT2D eigenvalue weighted by Gasteiger charge is -2.41. The lowest BCUT2D eigenvalue weighted by Crippen LogP contribution is -2.52.